The van der Waals surface area contributed by atoms with Gasteiger partial charge in [0.25, 0.3) is 0 Å². The van der Waals surface area contributed by atoms with E-state index in [0.29, 0.717) is 0 Å². The second-order valence-corrected chi connectivity index (χ2v) is 0.904. The monoisotopic (exact) mass is 112 g/mol. The lowest BCUT2D eigenvalue weighted by molar-refractivity contribution is 0.399. The summed E-state index contributed by atoms with van der Waals surface area (Å²) in [6.07, 6.45) is 4.88. The summed E-state index contributed by atoms with van der Waals surface area (Å²) in [5, 5.41) is 7.00. The van der Waals surface area contributed by atoms with E-state index in [-0.39, 0.29) is 0 Å². The summed E-state index contributed by atoms with van der Waals surface area (Å²) in [5.41, 5.74) is 0. The zero-order valence-electron chi connectivity index (χ0n) is 4.65. The lowest BCUT2D eigenvalue weighted by atomic mass is 10.7. The van der Waals surface area contributed by atoms with Gasteiger partial charge in [0, 0.05) is 19.5 Å². The SMILES string of the molecule is CO.c1cncnc1. The van der Waals surface area contributed by atoms with E-state index in [1.165, 1.54) is 6.33 Å². The zero-order chi connectivity index (χ0) is 6.24. The Kier molecular flexibility index (Phi) is 5.32. The average Bonchev–Trinajstić information content (AvgIpc) is 1.96. The summed E-state index contributed by atoms with van der Waals surface area (Å²) < 4.78 is 0. The molecule has 0 aromatic carbocycles. The van der Waals surface area contributed by atoms with Crippen LogP contribution >= 0.6 is 0 Å². The highest BCUT2D eigenvalue weighted by atomic mass is 16.2. The topological polar surface area (TPSA) is 46.0 Å². The first-order valence-corrected chi connectivity index (χ1v) is 2.15. The van der Waals surface area contributed by atoms with Gasteiger partial charge in [0.15, 0.2) is 0 Å². The van der Waals surface area contributed by atoms with Gasteiger partial charge < -0.3 is 5.11 Å². The Hall–Kier alpha value is -0.960. The molecule has 0 unspecified atom stereocenters. The van der Waals surface area contributed by atoms with Gasteiger partial charge >= 0.3 is 0 Å². The van der Waals surface area contributed by atoms with Crippen LogP contribution in [0.2, 0.25) is 0 Å². The molecule has 0 fully saturated rings. The van der Waals surface area contributed by atoms with Gasteiger partial charge in [-0.3, -0.25) is 0 Å². The lowest BCUT2D eigenvalue weighted by Crippen LogP contribution is -1.66. The summed E-state index contributed by atoms with van der Waals surface area (Å²) in [7, 11) is 1.00. The highest BCUT2D eigenvalue weighted by Gasteiger charge is 1.59. The maximum absolute atomic E-state index is 7.00. The Morgan fingerprint density at radius 1 is 1.12 bits per heavy atom. The predicted molar refractivity (Wildman–Crippen MR) is 30.2 cm³/mol. The second kappa shape index (κ2) is 6.04. The maximum Gasteiger partial charge on any atom is 0.115 e. The van der Waals surface area contributed by atoms with E-state index in [0.717, 1.165) is 7.11 Å². The van der Waals surface area contributed by atoms with Crippen LogP contribution in [0.25, 0.3) is 0 Å². The number of hydrogen-bond donors (Lipinski definition) is 1. The molecule has 0 amide bonds. The molecule has 0 atom stereocenters. The van der Waals surface area contributed by atoms with E-state index in [1.807, 2.05) is 0 Å². The summed E-state index contributed by atoms with van der Waals surface area (Å²) >= 11 is 0. The Morgan fingerprint density at radius 2 is 1.62 bits per heavy atom. The molecule has 3 nitrogen and oxygen atoms in total. The molecule has 0 saturated carbocycles. The number of aliphatic hydroxyl groups is 1. The average molecular weight is 112 g/mol. The molecule has 3 heteroatoms. The Balaban J connectivity index is 0.000000222. The van der Waals surface area contributed by atoms with Crippen LogP contribution in [0.15, 0.2) is 24.8 Å². The Morgan fingerprint density at radius 3 is 1.75 bits per heavy atom. The van der Waals surface area contributed by atoms with Crippen molar-refractivity contribution < 1.29 is 5.11 Å². The molecule has 1 heterocycles. The predicted octanol–water partition coefficient (Wildman–Crippen LogP) is 0.0851. The van der Waals surface area contributed by atoms with Crippen LogP contribution in [0, 0.1) is 0 Å². The Labute approximate surface area is 48.0 Å². The Bertz CT molecular complexity index is 82.4. The number of nitrogens with zero attached hydrogens (tertiary/aromatic N) is 2. The van der Waals surface area contributed by atoms with E-state index in [4.69, 9.17) is 5.11 Å². The van der Waals surface area contributed by atoms with Crippen molar-refractivity contribution in [2.75, 3.05) is 7.11 Å². The minimum Gasteiger partial charge on any atom is -0.400 e. The zero-order valence-corrected chi connectivity index (χ0v) is 4.65. The quantitative estimate of drug-likeness (QED) is 0.517. The van der Waals surface area contributed by atoms with Gasteiger partial charge in [-0.05, 0) is 6.07 Å². The third-order valence-corrected chi connectivity index (χ3v) is 0.478. The van der Waals surface area contributed by atoms with Crippen LogP contribution in [0.5, 0.6) is 0 Å². The molecule has 0 aliphatic carbocycles. The van der Waals surface area contributed by atoms with Gasteiger partial charge in [-0.15, -0.1) is 0 Å². The van der Waals surface area contributed by atoms with Crippen molar-refractivity contribution in [2.24, 2.45) is 0 Å². The first-order chi connectivity index (χ1) is 4.00. The normalized spacial score (nSPS) is 6.75. The first kappa shape index (κ1) is 7.04. The third-order valence-electron chi connectivity index (χ3n) is 0.478. The molecule has 44 valence electrons. The molecule has 0 spiro atoms. The molecule has 0 saturated heterocycles. The van der Waals surface area contributed by atoms with E-state index >= 15 is 0 Å². The number of rotatable bonds is 0. The van der Waals surface area contributed by atoms with Gasteiger partial charge in [-0.2, -0.15) is 0 Å². The first-order valence-electron chi connectivity index (χ1n) is 2.15. The molecule has 0 bridgehead atoms. The highest BCUT2D eigenvalue weighted by Crippen LogP contribution is 1.66. The van der Waals surface area contributed by atoms with Gasteiger partial charge in [0.1, 0.15) is 6.33 Å². The minimum absolute atomic E-state index is 1.00. The van der Waals surface area contributed by atoms with Crippen LogP contribution in [-0.4, -0.2) is 22.2 Å². The van der Waals surface area contributed by atoms with E-state index < -0.39 is 0 Å². The van der Waals surface area contributed by atoms with Crippen LogP contribution in [0.4, 0.5) is 0 Å². The van der Waals surface area contributed by atoms with Crippen molar-refractivity contribution in [2.45, 2.75) is 0 Å². The molecular formula is C5H8N2O. The third kappa shape index (κ3) is 3.24. The van der Waals surface area contributed by atoms with Crippen molar-refractivity contribution >= 4 is 0 Å². The molecule has 0 aliphatic heterocycles. The van der Waals surface area contributed by atoms with Gasteiger partial charge in [0.05, 0.1) is 0 Å². The fourth-order valence-corrected chi connectivity index (χ4v) is 0.253. The summed E-state index contributed by atoms with van der Waals surface area (Å²) in [4.78, 5) is 7.35. The maximum atomic E-state index is 7.00. The van der Waals surface area contributed by atoms with Crippen LogP contribution in [0.3, 0.4) is 0 Å². The fraction of sp³-hybridized carbons (Fsp3) is 0.200. The lowest BCUT2D eigenvalue weighted by Gasteiger charge is -1.70. The van der Waals surface area contributed by atoms with Crippen molar-refractivity contribution in [1.29, 1.82) is 0 Å². The number of hydrogen-bond acceptors (Lipinski definition) is 3. The van der Waals surface area contributed by atoms with Gasteiger partial charge in [0.2, 0.25) is 0 Å². The second-order valence-electron chi connectivity index (χ2n) is 0.904. The smallest absolute Gasteiger partial charge is 0.115 e. The summed E-state index contributed by atoms with van der Waals surface area (Å²) in [6, 6.07) is 1.78. The van der Waals surface area contributed by atoms with Crippen molar-refractivity contribution in [1.82, 2.24) is 9.97 Å². The van der Waals surface area contributed by atoms with Gasteiger partial charge in [-0.25, -0.2) is 9.97 Å². The van der Waals surface area contributed by atoms with E-state index in [9.17, 15) is 0 Å². The molecule has 0 aliphatic rings. The standard InChI is InChI=1S/C4H4N2.CH4O/c1-2-5-4-6-3-1;1-2/h1-4H;2H,1H3. The molecule has 1 N–H and O–H groups in total. The number of aliphatic hydroxyl groups excluding tert-OH is 1. The molecular weight excluding hydrogens is 104 g/mol. The molecule has 8 heavy (non-hydrogen) atoms. The van der Waals surface area contributed by atoms with E-state index in [1.54, 1.807) is 18.5 Å². The van der Waals surface area contributed by atoms with Gasteiger partial charge in [-0.1, -0.05) is 0 Å². The molecule has 1 aromatic rings. The molecule has 1 rings (SSSR count). The van der Waals surface area contributed by atoms with Crippen LogP contribution in [-0.2, 0) is 0 Å². The van der Waals surface area contributed by atoms with Crippen LogP contribution < -0.4 is 0 Å². The van der Waals surface area contributed by atoms with Crippen LogP contribution in [0.1, 0.15) is 0 Å². The molecule has 0 radical (unpaired) electrons. The largest absolute Gasteiger partial charge is 0.400 e. The number of aromatic nitrogens is 2. The minimum atomic E-state index is 1.00. The van der Waals surface area contributed by atoms with Crippen molar-refractivity contribution in [3.8, 4) is 0 Å². The fourth-order valence-electron chi connectivity index (χ4n) is 0.253. The van der Waals surface area contributed by atoms with Crippen molar-refractivity contribution in [3.63, 3.8) is 0 Å². The molecule has 1 aromatic heterocycles. The highest BCUT2D eigenvalue weighted by molar-refractivity contribution is 4.74. The summed E-state index contributed by atoms with van der Waals surface area (Å²) in [5.74, 6) is 0. The summed E-state index contributed by atoms with van der Waals surface area (Å²) in [6.45, 7) is 0. The van der Waals surface area contributed by atoms with E-state index in [2.05, 4.69) is 9.97 Å². The van der Waals surface area contributed by atoms with Crippen molar-refractivity contribution in [3.05, 3.63) is 24.8 Å².